The van der Waals surface area contributed by atoms with Gasteiger partial charge in [0, 0.05) is 12.0 Å². The van der Waals surface area contributed by atoms with Crippen LogP contribution in [-0.2, 0) is 10.1 Å². The number of nitrogens with one attached hydrogen (secondary N) is 2. The van der Waals surface area contributed by atoms with E-state index < -0.39 is 30.2 Å². The minimum Gasteiger partial charge on any atom is -0.871 e. The Balaban J connectivity index is 0.000000838. The molecule has 0 spiro atoms. The Bertz CT molecular complexity index is 978. The Morgan fingerprint density at radius 2 is 1.00 bits per heavy atom. The highest BCUT2D eigenvalue weighted by atomic mass is 19.1. The van der Waals surface area contributed by atoms with Crippen LogP contribution >= 0.6 is 0 Å². The second-order valence-corrected chi connectivity index (χ2v) is 10.4. The van der Waals surface area contributed by atoms with Gasteiger partial charge in [-0.05, 0) is 65.9 Å². The van der Waals surface area contributed by atoms with E-state index in [2.05, 4.69) is 46.9 Å². The van der Waals surface area contributed by atoms with Gasteiger partial charge in [0.25, 0.3) is 0 Å². The molecule has 5 nitrogen and oxygen atoms in total. The van der Waals surface area contributed by atoms with Crippen molar-refractivity contribution in [3.8, 4) is 0 Å². The van der Waals surface area contributed by atoms with E-state index in [-0.39, 0.29) is 6.61 Å². The summed E-state index contributed by atoms with van der Waals surface area (Å²) in [6, 6.07) is 18.1. The molecule has 0 saturated heterocycles. The number of quaternary nitrogens is 2. The molecular formula is C30H42BF3N2O3. The quantitative estimate of drug-likeness (QED) is 0.229. The van der Waals surface area contributed by atoms with E-state index in [9.17, 15) is 23.2 Å². The Morgan fingerprint density at radius 3 is 1.31 bits per heavy atom. The van der Waals surface area contributed by atoms with Crippen LogP contribution in [0.25, 0.3) is 0 Å². The lowest BCUT2D eigenvalue weighted by molar-refractivity contribution is -0.836. The van der Waals surface area contributed by atoms with Crippen molar-refractivity contribution < 1.29 is 37.7 Å². The van der Waals surface area contributed by atoms with Crippen LogP contribution < -0.4 is 19.8 Å². The fourth-order valence-corrected chi connectivity index (χ4v) is 4.04. The molecule has 0 aliphatic rings. The van der Waals surface area contributed by atoms with Gasteiger partial charge in [0.2, 0.25) is 0 Å². The molecule has 0 amide bonds. The number of halogens is 3. The summed E-state index contributed by atoms with van der Waals surface area (Å²) in [7, 11) is 10.2. The van der Waals surface area contributed by atoms with Crippen molar-refractivity contribution in [3.63, 3.8) is 0 Å². The summed E-state index contributed by atoms with van der Waals surface area (Å²) >= 11 is 0. The molecule has 0 unspecified atom stereocenters. The zero-order valence-electron chi connectivity index (χ0n) is 23.9. The predicted molar refractivity (Wildman–Crippen MR) is 147 cm³/mol. The highest BCUT2D eigenvalue weighted by Crippen LogP contribution is 2.44. The van der Waals surface area contributed by atoms with Crippen LogP contribution in [0, 0.1) is 17.5 Å². The zero-order valence-corrected chi connectivity index (χ0v) is 23.9. The van der Waals surface area contributed by atoms with E-state index in [0.29, 0.717) is 42.4 Å². The van der Waals surface area contributed by atoms with Crippen molar-refractivity contribution in [2.45, 2.75) is 31.1 Å². The minimum absolute atomic E-state index is 0.0462. The number of hydrogen-bond donors (Lipinski definition) is 2. The number of hydrogen-bond acceptors (Lipinski definition) is 3. The largest absolute Gasteiger partial charge is 0.871 e. The lowest BCUT2D eigenvalue weighted by Crippen LogP contribution is -3.02. The molecule has 0 radical (unpaired) electrons. The van der Waals surface area contributed by atoms with E-state index in [0.717, 1.165) is 0 Å². The van der Waals surface area contributed by atoms with Crippen LogP contribution in [0.4, 0.5) is 13.2 Å². The van der Waals surface area contributed by atoms with Gasteiger partial charge < -0.3 is 24.5 Å². The van der Waals surface area contributed by atoms with Gasteiger partial charge in [0.1, 0.15) is 17.5 Å². The smallest absolute Gasteiger partial charge is 0.123 e. The van der Waals surface area contributed by atoms with Gasteiger partial charge in [0.05, 0.1) is 49.6 Å². The number of rotatable bonds is 10. The fraction of sp³-hybridized carbons (Fsp3) is 0.400. The van der Waals surface area contributed by atoms with Gasteiger partial charge >= 0.3 is 0 Å². The van der Waals surface area contributed by atoms with Gasteiger partial charge in [-0.2, -0.15) is 0 Å². The lowest BCUT2D eigenvalue weighted by atomic mass is 9.66. The maximum atomic E-state index is 14.2. The maximum absolute atomic E-state index is 14.2. The summed E-state index contributed by atoms with van der Waals surface area (Å²) in [5.74, 6) is -1.33. The average molecular weight is 546 g/mol. The molecule has 0 aliphatic heterocycles. The predicted octanol–water partition coefficient (Wildman–Crippen LogP) is 1.24. The van der Waals surface area contributed by atoms with Gasteiger partial charge in [-0.15, -0.1) is 0 Å². The number of unbranched alkanes of at least 4 members (excludes halogenated alkanes) is 2. The van der Waals surface area contributed by atoms with Crippen LogP contribution in [0.5, 0.6) is 0 Å². The second-order valence-electron chi connectivity index (χ2n) is 10.4. The average Bonchev–Trinajstić information content (AvgIpc) is 2.83. The molecule has 0 saturated carbocycles. The normalized spacial score (nSPS) is 11.0. The molecule has 3 aromatic rings. The molecule has 0 aromatic heterocycles. The first-order valence-electron chi connectivity index (χ1n) is 13.1. The molecule has 0 heterocycles. The van der Waals surface area contributed by atoms with Crippen molar-refractivity contribution >= 4 is 7.32 Å². The van der Waals surface area contributed by atoms with Crippen molar-refractivity contribution in [2.75, 3.05) is 48.9 Å². The first-order valence-corrected chi connectivity index (χ1v) is 13.1. The standard InChI is InChI=1S/C24H22BF3O3.2C3H9N/c26-21-10-4-7-18(15-21)24(19-8-5-11-22(27)16-19,20-9-6-12-23(28)17-20)13-2-1-3-14-31-25(29)30;2*1-4(2)3/h4-12,15-17H,1-3,13-14H2;2*1-3H3/q-2;;/p+2. The SMILES string of the molecule is C[NH+](C)C.C[NH+](C)C.[O-]B([O-])OCCCCCC(c1cccc(F)c1)(c1cccc(F)c1)c1cccc(F)c1. The third-order valence-corrected chi connectivity index (χ3v) is 5.40. The van der Waals surface area contributed by atoms with E-state index in [1.165, 1.54) is 46.2 Å². The van der Waals surface area contributed by atoms with Crippen LogP contribution in [0.1, 0.15) is 42.4 Å². The van der Waals surface area contributed by atoms with Gasteiger partial charge in [-0.3, -0.25) is 0 Å². The molecule has 0 aliphatic carbocycles. The molecule has 39 heavy (non-hydrogen) atoms. The number of benzene rings is 3. The Hall–Kier alpha value is -2.69. The second kappa shape index (κ2) is 17.8. The van der Waals surface area contributed by atoms with Crippen LogP contribution in [-0.4, -0.2) is 56.2 Å². The van der Waals surface area contributed by atoms with Crippen molar-refractivity contribution in [1.29, 1.82) is 0 Å². The van der Waals surface area contributed by atoms with Gasteiger partial charge in [-0.1, -0.05) is 49.2 Å². The molecule has 214 valence electrons. The van der Waals surface area contributed by atoms with Crippen LogP contribution in [0.2, 0.25) is 0 Å². The van der Waals surface area contributed by atoms with E-state index in [4.69, 9.17) is 0 Å². The van der Waals surface area contributed by atoms with Crippen molar-refractivity contribution in [3.05, 3.63) is 107 Å². The summed E-state index contributed by atoms with van der Waals surface area (Å²) in [5.41, 5.74) is 0.754. The molecule has 2 N–H and O–H groups in total. The summed E-state index contributed by atoms with van der Waals surface area (Å²) in [5, 5.41) is 21.0. The van der Waals surface area contributed by atoms with Crippen LogP contribution in [0.15, 0.2) is 72.8 Å². The first-order chi connectivity index (χ1) is 18.4. The first kappa shape index (κ1) is 34.3. The topological polar surface area (TPSA) is 64.2 Å². The third-order valence-electron chi connectivity index (χ3n) is 5.40. The van der Waals surface area contributed by atoms with Crippen LogP contribution in [0.3, 0.4) is 0 Å². The molecule has 0 fully saturated rings. The summed E-state index contributed by atoms with van der Waals surface area (Å²) < 4.78 is 47.2. The van der Waals surface area contributed by atoms with E-state index in [1.807, 2.05) is 0 Å². The Morgan fingerprint density at radius 1 is 0.641 bits per heavy atom. The highest BCUT2D eigenvalue weighted by molar-refractivity contribution is 6.28. The molecule has 3 aromatic carbocycles. The summed E-state index contributed by atoms with van der Waals surface area (Å²) in [6.45, 7) is 0.0462. The van der Waals surface area contributed by atoms with Gasteiger partial charge in [-0.25, -0.2) is 13.2 Å². The molecule has 3 rings (SSSR count). The zero-order chi connectivity index (χ0) is 29.4. The van der Waals surface area contributed by atoms with Crippen molar-refractivity contribution in [1.82, 2.24) is 0 Å². The summed E-state index contributed by atoms with van der Waals surface area (Å²) in [4.78, 5) is 2.83. The third kappa shape index (κ3) is 12.8. The molecule has 9 heteroatoms. The Labute approximate surface area is 232 Å². The fourth-order valence-electron chi connectivity index (χ4n) is 4.04. The molecule has 0 atom stereocenters. The maximum Gasteiger partial charge on any atom is 0.123 e. The monoisotopic (exact) mass is 546 g/mol. The van der Waals surface area contributed by atoms with Crippen molar-refractivity contribution in [2.24, 2.45) is 0 Å². The molecular weight excluding hydrogens is 504 g/mol. The molecule has 0 bridgehead atoms. The van der Waals surface area contributed by atoms with E-state index in [1.54, 1.807) is 36.4 Å². The lowest BCUT2D eigenvalue weighted by Gasteiger charge is -2.36. The highest BCUT2D eigenvalue weighted by Gasteiger charge is 2.36. The minimum atomic E-state index is -2.31. The Kier molecular flexibility index (Phi) is 15.7. The summed E-state index contributed by atoms with van der Waals surface area (Å²) in [6.07, 6.45) is 2.14. The van der Waals surface area contributed by atoms with E-state index >= 15 is 0 Å². The van der Waals surface area contributed by atoms with Gasteiger partial charge in [0.15, 0.2) is 0 Å².